The van der Waals surface area contributed by atoms with E-state index in [1.807, 2.05) is 0 Å². The topological polar surface area (TPSA) is 55.4 Å². The summed E-state index contributed by atoms with van der Waals surface area (Å²) in [7, 11) is -2.90. The van der Waals surface area contributed by atoms with Gasteiger partial charge in [-0.2, -0.15) is 0 Å². The molecule has 0 radical (unpaired) electrons. The van der Waals surface area contributed by atoms with Crippen molar-refractivity contribution in [1.29, 1.82) is 0 Å². The molecule has 0 amide bonds. The van der Waals surface area contributed by atoms with Gasteiger partial charge in [-0.05, 0) is 19.3 Å². The molecule has 2 saturated heterocycles. The van der Waals surface area contributed by atoms with E-state index in [1.165, 1.54) is 0 Å². The van der Waals surface area contributed by atoms with Crippen molar-refractivity contribution >= 4 is 9.84 Å². The van der Waals surface area contributed by atoms with E-state index in [4.69, 9.17) is 4.74 Å². The molecule has 2 heterocycles. The van der Waals surface area contributed by atoms with E-state index in [-0.39, 0.29) is 17.1 Å². The van der Waals surface area contributed by atoms with Crippen LogP contribution in [0.2, 0.25) is 0 Å². The smallest absolute Gasteiger partial charge is 0.153 e. The summed E-state index contributed by atoms with van der Waals surface area (Å²) in [6.07, 6.45) is 0.630. The third-order valence-corrected chi connectivity index (χ3v) is 5.74. The van der Waals surface area contributed by atoms with E-state index in [2.05, 4.69) is 26.1 Å². The molecule has 94 valence electrons. The van der Waals surface area contributed by atoms with Crippen LogP contribution in [-0.4, -0.2) is 44.2 Å². The summed E-state index contributed by atoms with van der Waals surface area (Å²) >= 11 is 0. The normalized spacial score (nSPS) is 43.0. The zero-order valence-electron chi connectivity index (χ0n) is 10.2. The Morgan fingerprint density at radius 1 is 1.31 bits per heavy atom. The van der Waals surface area contributed by atoms with Gasteiger partial charge in [0.25, 0.3) is 0 Å². The van der Waals surface area contributed by atoms with Gasteiger partial charge in [0, 0.05) is 13.1 Å². The van der Waals surface area contributed by atoms with Crippen molar-refractivity contribution in [2.75, 3.05) is 24.6 Å². The van der Waals surface area contributed by atoms with Crippen LogP contribution >= 0.6 is 0 Å². The lowest BCUT2D eigenvalue weighted by Gasteiger charge is -2.47. The summed E-state index contributed by atoms with van der Waals surface area (Å²) in [5, 5.41) is 3.34. The molecule has 2 rings (SSSR count). The summed E-state index contributed by atoms with van der Waals surface area (Å²) < 4.78 is 29.3. The van der Waals surface area contributed by atoms with Crippen LogP contribution in [0.5, 0.6) is 0 Å². The lowest BCUT2D eigenvalue weighted by molar-refractivity contribution is -0.177. The van der Waals surface area contributed by atoms with Crippen LogP contribution in [0.15, 0.2) is 0 Å². The summed E-state index contributed by atoms with van der Waals surface area (Å²) in [5.41, 5.74) is -0.728. The molecule has 0 aromatic heterocycles. The van der Waals surface area contributed by atoms with Gasteiger partial charge in [0.15, 0.2) is 9.84 Å². The third-order valence-electron chi connectivity index (χ3n) is 3.95. The molecule has 1 N–H and O–H groups in total. The van der Waals surface area contributed by atoms with Crippen LogP contribution < -0.4 is 5.32 Å². The molecule has 16 heavy (non-hydrogen) atoms. The first kappa shape index (κ1) is 12.3. The number of hydrogen-bond acceptors (Lipinski definition) is 4. The van der Waals surface area contributed by atoms with Gasteiger partial charge in [0.1, 0.15) is 0 Å². The fourth-order valence-corrected chi connectivity index (χ4v) is 4.47. The summed E-state index contributed by atoms with van der Waals surface area (Å²) in [6, 6.07) is 0. The maximum atomic E-state index is 11.6. The minimum absolute atomic E-state index is 0.176. The second-order valence-electron chi connectivity index (χ2n) is 5.70. The van der Waals surface area contributed by atoms with Crippen LogP contribution in [0.4, 0.5) is 0 Å². The van der Waals surface area contributed by atoms with Crippen molar-refractivity contribution in [2.45, 2.75) is 38.4 Å². The number of morpholine rings is 1. The Balaban J connectivity index is 2.20. The fourth-order valence-electron chi connectivity index (χ4n) is 2.53. The van der Waals surface area contributed by atoms with Gasteiger partial charge in [-0.1, -0.05) is 13.8 Å². The minimum Gasteiger partial charge on any atom is -0.365 e. The van der Waals surface area contributed by atoms with Crippen molar-refractivity contribution < 1.29 is 13.2 Å². The highest BCUT2D eigenvalue weighted by molar-refractivity contribution is 7.91. The first-order valence-corrected chi connectivity index (χ1v) is 7.70. The van der Waals surface area contributed by atoms with E-state index < -0.39 is 15.4 Å². The second kappa shape index (κ2) is 3.68. The van der Waals surface area contributed by atoms with Crippen LogP contribution in [-0.2, 0) is 14.6 Å². The maximum Gasteiger partial charge on any atom is 0.153 e. The predicted octanol–water partition coefficient (Wildman–Crippen LogP) is 0.578. The molecule has 0 aromatic rings. The van der Waals surface area contributed by atoms with E-state index >= 15 is 0 Å². The Morgan fingerprint density at radius 2 is 2.00 bits per heavy atom. The molecular formula is C11H21NO3S. The molecular weight excluding hydrogens is 226 g/mol. The van der Waals surface area contributed by atoms with Gasteiger partial charge in [0.2, 0.25) is 0 Å². The Bertz CT molecular complexity index is 379. The number of rotatable bonds is 1. The quantitative estimate of drug-likeness (QED) is 0.736. The minimum atomic E-state index is -2.90. The number of hydrogen-bond donors (Lipinski definition) is 1. The average Bonchev–Trinajstić information content (AvgIpc) is 2.41. The maximum absolute atomic E-state index is 11.6. The largest absolute Gasteiger partial charge is 0.365 e. The Kier molecular flexibility index (Phi) is 2.84. The highest BCUT2D eigenvalue weighted by Gasteiger charge is 2.50. The number of sulfone groups is 1. The Labute approximate surface area is 97.7 Å². The van der Waals surface area contributed by atoms with Crippen LogP contribution in [0.3, 0.4) is 0 Å². The van der Waals surface area contributed by atoms with E-state index in [9.17, 15) is 8.42 Å². The highest BCUT2D eigenvalue weighted by atomic mass is 32.2. The molecule has 2 atom stereocenters. The SMILES string of the molecule is CC(C)C1(C)CNCC2(CCS(=O)(=O)C2)O1. The lowest BCUT2D eigenvalue weighted by atomic mass is 9.87. The fraction of sp³-hybridized carbons (Fsp3) is 1.00. The van der Waals surface area contributed by atoms with Crippen molar-refractivity contribution in [3.05, 3.63) is 0 Å². The molecule has 5 heteroatoms. The molecule has 2 aliphatic heterocycles. The monoisotopic (exact) mass is 247 g/mol. The molecule has 4 nitrogen and oxygen atoms in total. The molecule has 2 aliphatic rings. The second-order valence-corrected chi connectivity index (χ2v) is 7.88. The van der Waals surface area contributed by atoms with Crippen molar-refractivity contribution in [3.63, 3.8) is 0 Å². The first-order chi connectivity index (χ1) is 7.27. The molecule has 1 spiro atoms. The van der Waals surface area contributed by atoms with E-state index in [0.717, 1.165) is 6.54 Å². The van der Waals surface area contributed by atoms with E-state index in [1.54, 1.807) is 0 Å². The van der Waals surface area contributed by atoms with Crippen LogP contribution in [0.25, 0.3) is 0 Å². The van der Waals surface area contributed by atoms with Gasteiger partial charge < -0.3 is 10.1 Å². The third kappa shape index (κ3) is 2.13. The zero-order chi connectivity index (χ0) is 12.0. The van der Waals surface area contributed by atoms with Gasteiger partial charge in [-0.3, -0.25) is 0 Å². The number of nitrogens with one attached hydrogen (secondary N) is 1. The van der Waals surface area contributed by atoms with Crippen molar-refractivity contribution in [2.24, 2.45) is 5.92 Å². The first-order valence-electron chi connectivity index (χ1n) is 5.88. The number of ether oxygens (including phenoxy) is 1. The molecule has 2 unspecified atom stereocenters. The zero-order valence-corrected chi connectivity index (χ0v) is 11.1. The van der Waals surface area contributed by atoms with Gasteiger partial charge in [0.05, 0.1) is 22.7 Å². The van der Waals surface area contributed by atoms with Crippen molar-refractivity contribution in [3.8, 4) is 0 Å². The van der Waals surface area contributed by atoms with Crippen LogP contribution in [0.1, 0.15) is 27.2 Å². The summed E-state index contributed by atoms with van der Waals surface area (Å²) in [5.74, 6) is 0.818. The van der Waals surface area contributed by atoms with Gasteiger partial charge >= 0.3 is 0 Å². The van der Waals surface area contributed by atoms with Gasteiger partial charge in [-0.15, -0.1) is 0 Å². The predicted molar refractivity (Wildman–Crippen MR) is 63.2 cm³/mol. The highest BCUT2D eigenvalue weighted by Crippen LogP contribution is 2.36. The van der Waals surface area contributed by atoms with Crippen LogP contribution in [0, 0.1) is 5.92 Å². The Morgan fingerprint density at radius 3 is 2.50 bits per heavy atom. The Hall–Kier alpha value is -0.130. The van der Waals surface area contributed by atoms with Gasteiger partial charge in [-0.25, -0.2) is 8.42 Å². The lowest BCUT2D eigenvalue weighted by Crippen LogP contribution is -2.61. The summed E-state index contributed by atoms with van der Waals surface area (Å²) in [4.78, 5) is 0. The van der Waals surface area contributed by atoms with E-state index in [0.29, 0.717) is 18.9 Å². The molecule has 0 aromatic carbocycles. The molecule has 0 bridgehead atoms. The standard InChI is InChI=1S/C11H21NO3S/c1-9(2)10(3)6-12-7-11(15-10)4-5-16(13,14)8-11/h9,12H,4-8H2,1-3H3. The molecule has 2 fully saturated rings. The van der Waals surface area contributed by atoms with Crippen molar-refractivity contribution in [1.82, 2.24) is 5.32 Å². The average molecular weight is 247 g/mol. The molecule has 0 saturated carbocycles. The molecule has 0 aliphatic carbocycles. The summed E-state index contributed by atoms with van der Waals surface area (Å²) in [6.45, 7) is 7.76.